The molecule has 1 saturated carbocycles. The predicted octanol–water partition coefficient (Wildman–Crippen LogP) is 6.76. The third-order valence-electron chi connectivity index (χ3n) is 8.89. The van der Waals surface area contributed by atoms with Gasteiger partial charge in [0.25, 0.3) is 0 Å². The van der Waals surface area contributed by atoms with Gasteiger partial charge < -0.3 is 10.2 Å². The van der Waals surface area contributed by atoms with E-state index >= 15 is 0 Å². The Hall–Kier alpha value is -2.36. The van der Waals surface area contributed by atoms with Gasteiger partial charge in [0.2, 0.25) is 0 Å². The van der Waals surface area contributed by atoms with Gasteiger partial charge in [0, 0.05) is 0 Å². The average Bonchev–Trinajstić information content (AvgIpc) is 2.72. The van der Waals surface area contributed by atoms with Gasteiger partial charge in [-0.05, 0) is 84.3 Å². The molecule has 0 spiro atoms. The Bertz CT molecular complexity index is 1000. The molecule has 3 aliphatic rings. The summed E-state index contributed by atoms with van der Waals surface area (Å²) in [7, 11) is 0. The van der Waals surface area contributed by atoms with Crippen molar-refractivity contribution in [3.8, 4) is 0 Å². The molecule has 1 aromatic rings. The summed E-state index contributed by atoms with van der Waals surface area (Å²) >= 11 is 0. The van der Waals surface area contributed by atoms with E-state index in [1.807, 2.05) is 6.07 Å². The number of carboxylic acid groups (broad SMARTS) is 2. The van der Waals surface area contributed by atoms with Crippen molar-refractivity contribution in [3.05, 3.63) is 58.2 Å². The summed E-state index contributed by atoms with van der Waals surface area (Å²) in [4.78, 5) is 23.7. The normalized spacial score (nSPS) is 31.9. The first-order valence-corrected chi connectivity index (χ1v) is 12.1. The second kappa shape index (κ2) is 8.20. The Morgan fingerprint density at radius 1 is 1.12 bits per heavy atom. The molecule has 4 rings (SSSR count). The molecule has 4 nitrogen and oxygen atoms in total. The summed E-state index contributed by atoms with van der Waals surface area (Å²) in [5.74, 6) is -0.711. The number of fused-ring (bicyclic) bond motifs is 3. The average molecular weight is 437 g/mol. The lowest BCUT2D eigenvalue weighted by molar-refractivity contribution is -0.0486. The minimum absolute atomic E-state index is 0.0392. The van der Waals surface area contributed by atoms with Crippen LogP contribution >= 0.6 is 0 Å². The molecule has 0 saturated heterocycles. The highest BCUT2D eigenvalue weighted by atomic mass is 16.4. The van der Waals surface area contributed by atoms with Gasteiger partial charge in [0.15, 0.2) is 0 Å². The van der Waals surface area contributed by atoms with E-state index in [-0.39, 0.29) is 22.0 Å². The number of carboxylic acids is 2. The molecule has 0 unspecified atom stereocenters. The largest absolute Gasteiger partial charge is 0.478 e. The molecule has 3 aliphatic carbocycles. The third-order valence-corrected chi connectivity index (χ3v) is 8.89. The van der Waals surface area contributed by atoms with Crippen molar-refractivity contribution in [2.24, 2.45) is 28.6 Å². The van der Waals surface area contributed by atoms with Crippen molar-refractivity contribution >= 4 is 11.9 Å². The van der Waals surface area contributed by atoms with Crippen molar-refractivity contribution in [2.75, 3.05) is 0 Å². The zero-order valence-electron chi connectivity index (χ0n) is 19.8. The van der Waals surface area contributed by atoms with Crippen LogP contribution in [0.25, 0.3) is 0 Å². The number of carbonyl (C=O) groups is 2. The zero-order valence-corrected chi connectivity index (χ0v) is 19.8. The Morgan fingerprint density at radius 2 is 1.88 bits per heavy atom. The van der Waals surface area contributed by atoms with Gasteiger partial charge in [-0.15, -0.1) is 0 Å². The van der Waals surface area contributed by atoms with E-state index in [1.54, 1.807) is 11.6 Å². The van der Waals surface area contributed by atoms with E-state index in [0.717, 1.165) is 19.3 Å². The molecule has 0 bridgehead atoms. The summed E-state index contributed by atoms with van der Waals surface area (Å²) in [6, 6.07) is 4.91. The quantitative estimate of drug-likeness (QED) is 0.535. The molecule has 32 heavy (non-hydrogen) atoms. The Labute approximate surface area is 191 Å². The van der Waals surface area contributed by atoms with Gasteiger partial charge in [-0.25, -0.2) is 9.59 Å². The van der Waals surface area contributed by atoms with Gasteiger partial charge in [-0.1, -0.05) is 64.0 Å². The molecule has 172 valence electrons. The first-order chi connectivity index (χ1) is 15.1. The van der Waals surface area contributed by atoms with Crippen molar-refractivity contribution in [3.63, 3.8) is 0 Å². The smallest absolute Gasteiger partial charge is 0.336 e. The molecule has 2 N–H and O–H groups in total. The third kappa shape index (κ3) is 3.72. The highest BCUT2D eigenvalue weighted by Crippen LogP contribution is 2.62. The molecule has 0 aliphatic heterocycles. The molecule has 0 heterocycles. The molecular weight excluding hydrogens is 400 g/mol. The zero-order chi connectivity index (χ0) is 23.3. The second-order valence-corrected chi connectivity index (χ2v) is 11.1. The number of allylic oxidation sites excluding steroid dienone is 4. The Morgan fingerprint density at radius 3 is 2.53 bits per heavy atom. The highest BCUT2D eigenvalue weighted by molar-refractivity contribution is 6.02. The lowest BCUT2D eigenvalue weighted by Gasteiger charge is -2.58. The van der Waals surface area contributed by atoms with Gasteiger partial charge in [-0.3, -0.25) is 0 Å². The summed E-state index contributed by atoms with van der Waals surface area (Å²) in [5.41, 5.74) is 3.73. The van der Waals surface area contributed by atoms with Crippen LogP contribution in [0.3, 0.4) is 0 Å². The van der Waals surface area contributed by atoms with Gasteiger partial charge >= 0.3 is 11.9 Å². The van der Waals surface area contributed by atoms with E-state index in [9.17, 15) is 19.8 Å². The number of benzene rings is 1. The molecule has 0 amide bonds. The summed E-state index contributed by atoms with van der Waals surface area (Å²) in [5, 5.41) is 19.4. The van der Waals surface area contributed by atoms with Gasteiger partial charge in [0.05, 0.1) is 11.1 Å². The topological polar surface area (TPSA) is 74.6 Å². The van der Waals surface area contributed by atoms with Crippen LogP contribution in [-0.4, -0.2) is 22.2 Å². The molecular formula is C28H36O4. The minimum Gasteiger partial charge on any atom is -0.478 e. The first-order valence-electron chi connectivity index (χ1n) is 12.1. The molecule has 0 radical (unpaired) electrons. The maximum atomic E-state index is 12.0. The Kier molecular flexibility index (Phi) is 5.85. The number of hydrogen-bond acceptors (Lipinski definition) is 2. The van der Waals surface area contributed by atoms with Crippen LogP contribution in [0.5, 0.6) is 0 Å². The fourth-order valence-corrected chi connectivity index (χ4v) is 7.30. The fraction of sp³-hybridized carbons (Fsp3) is 0.571. The van der Waals surface area contributed by atoms with Crippen LogP contribution in [-0.2, 0) is 6.42 Å². The summed E-state index contributed by atoms with van der Waals surface area (Å²) in [6.07, 6.45) is 12.3. The highest BCUT2D eigenvalue weighted by Gasteiger charge is 2.54. The SMILES string of the molecule is CC(C)C1=CC2=CC[C@H]3[C@](C)(Cc4cccc(C(=O)O)c4C(=O)O)CCC[C@]3(C)[C@H]2CC1. The second-order valence-electron chi connectivity index (χ2n) is 11.1. The number of rotatable bonds is 5. The van der Waals surface area contributed by atoms with E-state index in [0.29, 0.717) is 29.7 Å². The monoisotopic (exact) mass is 436 g/mol. The van der Waals surface area contributed by atoms with Crippen LogP contribution in [0.2, 0.25) is 0 Å². The van der Waals surface area contributed by atoms with E-state index in [2.05, 4.69) is 39.8 Å². The molecule has 1 fully saturated rings. The maximum absolute atomic E-state index is 12.0. The standard InChI is InChI=1S/C28H36O4/c1-17(2)18-9-11-22-19(15-18)10-12-23-27(3,13-6-14-28(22,23)4)16-20-7-5-8-21(25(29)30)24(20)26(31)32/h5,7-8,10,15,17,22-23H,6,9,11-14,16H2,1-4H3,(H,29,30)(H,31,32)/t22-,23-,27-,28+/m0/s1. The van der Waals surface area contributed by atoms with Crippen LogP contribution < -0.4 is 0 Å². The van der Waals surface area contributed by atoms with E-state index in [4.69, 9.17) is 0 Å². The van der Waals surface area contributed by atoms with E-state index in [1.165, 1.54) is 30.9 Å². The minimum atomic E-state index is -1.18. The van der Waals surface area contributed by atoms with Crippen LogP contribution in [0.15, 0.2) is 41.5 Å². The van der Waals surface area contributed by atoms with E-state index < -0.39 is 11.9 Å². The molecule has 0 aromatic heterocycles. The van der Waals surface area contributed by atoms with Crippen molar-refractivity contribution < 1.29 is 19.8 Å². The van der Waals surface area contributed by atoms with Crippen LogP contribution in [0.4, 0.5) is 0 Å². The van der Waals surface area contributed by atoms with Gasteiger partial charge in [-0.2, -0.15) is 0 Å². The summed E-state index contributed by atoms with van der Waals surface area (Å²) < 4.78 is 0. The maximum Gasteiger partial charge on any atom is 0.336 e. The van der Waals surface area contributed by atoms with Crippen molar-refractivity contribution in [1.29, 1.82) is 0 Å². The van der Waals surface area contributed by atoms with Crippen molar-refractivity contribution in [2.45, 2.75) is 72.6 Å². The van der Waals surface area contributed by atoms with Crippen LogP contribution in [0, 0.1) is 28.6 Å². The molecule has 4 heteroatoms. The van der Waals surface area contributed by atoms with Gasteiger partial charge in [0.1, 0.15) is 0 Å². The lowest BCUT2D eigenvalue weighted by atomic mass is 9.46. The molecule has 1 aromatic carbocycles. The molecule has 4 atom stereocenters. The predicted molar refractivity (Wildman–Crippen MR) is 126 cm³/mol. The summed E-state index contributed by atoms with van der Waals surface area (Å²) in [6.45, 7) is 9.34. The van der Waals surface area contributed by atoms with Crippen molar-refractivity contribution in [1.82, 2.24) is 0 Å². The lowest BCUT2D eigenvalue weighted by Crippen LogP contribution is -2.51. The number of aromatic carboxylic acids is 2. The fourth-order valence-electron chi connectivity index (χ4n) is 7.30. The Balaban J connectivity index is 1.72. The van der Waals surface area contributed by atoms with Crippen LogP contribution in [0.1, 0.15) is 92.5 Å². The number of hydrogen-bond donors (Lipinski definition) is 2. The first kappa shape index (κ1) is 22.8.